The van der Waals surface area contributed by atoms with Crippen molar-refractivity contribution in [3.63, 3.8) is 0 Å². The average molecular weight is 234 g/mol. The molecule has 1 rings (SSSR count). The van der Waals surface area contributed by atoms with Gasteiger partial charge in [-0.1, -0.05) is 50.1 Å². The van der Waals surface area contributed by atoms with E-state index in [0.717, 1.165) is 12.2 Å². The third kappa shape index (κ3) is 16.6. The van der Waals surface area contributed by atoms with Gasteiger partial charge in [-0.15, -0.1) is 0 Å². The molecule has 2 N–H and O–H groups in total. The van der Waals surface area contributed by atoms with Crippen molar-refractivity contribution in [1.82, 2.24) is 0 Å². The summed E-state index contributed by atoms with van der Waals surface area (Å²) in [5.74, 6) is 0. The van der Waals surface area contributed by atoms with Gasteiger partial charge in [-0.2, -0.15) is 0 Å². The van der Waals surface area contributed by atoms with Gasteiger partial charge in [0.1, 0.15) is 0 Å². The fourth-order valence-electron chi connectivity index (χ4n) is 1.22. The minimum absolute atomic E-state index is 0.750. The fraction of sp³-hybridized carbons (Fsp3) is 0.385. The molecule has 4 nitrogen and oxygen atoms in total. The largest absolute Gasteiger partial charge is 0.231 e. The van der Waals surface area contributed by atoms with Crippen LogP contribution in [0.2, 0.25) is 0 Å². The van der Waals surface area contributed by atoms with Gasteiger partial charge in [0, 0.05) is 0 Å². The van der Waals surface area contributed by atoms with Crippen LogP contribution in [0.5, 0.6) is 0 Å². The lowest BCUT2D eigenvalue weighted by atomic mass is 10.1. The van der Waals surface area contributed by atoms with Gasteiger partial charge in [-0.05, 0) is 18.4 Å². The van der Waals surface area contributed by atoms with Crippen LogP contribution in [-0.2, 0) is 16.0 Å². The Balaban J connectivity index is 0. The molecule has 0 radical (unpaired) electrons. The highest BCUT2D eigenvalue weighted by atomic mass is 16.1. The van der Waals surface area contributed by atoms with E-state index in [0.29, 0.717) is 0 Å². The molecule has 17 heavy (non-hydrogen) atoms. The summed E-state index contributed by atoms with van der Waals surface area (Å²) in [6.45, 7) is 2.24. The van der Waals surface area contributed by atoms with Crippen LogP contribution in [0.15, 0.2) is 30.3 Å². The van der Waals surface area contributed by atoms with Crippen LogP contribution in [0, 0.1) is 10.8 Å². The summed E-state index contributed by atoms with van der Waals surface area (Å²) in [5, 5.41) is 10.8. The Labute approximate surface area is 102 Å². The number of unbranched alkanes of at least 4 members (excludes halogenated alkanes) is 2. The van der Waals surface area contributed by atoms with Gasteiger partial charge in [0.05, 0.1) is 0 Å². The molecule has 0 unspecified atom stereocenters. The molecule has 0 bridgehead atoms. The Kier molecular flexibility index (Phi) is 16.8. The molecule has 0 saturated carbocycles. The van der Waals surface area contributed by atoms with Crippen molar-refractivity contribution in [2.75, 3.05) is 0 Å². The van der Waals surface area contributed by atoms with Gasteiger partial charge in [0.2, 0.25) is 12.2 Å². The number of isocyanates is 2. The minimum atomic E-state index is 0.750. The van der Waals surface area contributed by atoms with Gasteiger partial charge in [-0.25, -0.2) is 20.4 Å². The van der Waals surface area contributed by atoms with E-state index >= 15 is 0 Å². The minimum Gasteiger partial charge on any atom is -0.222 e. The maximum atomic E-state index is 8.35. The molecule has 0 heterocycles. The zero-order valence-corrected chi connectivity index (χ0v) is 10.0. The highest BCUT2D eigenvalue weighted by Crippen LogP contribution is 2.05. The van der Waals surface area contributed by atoms with Crippen LogP contribution in [0.25, 0.3) is 0 Å². The van der Waals surface area contributed by atoms with Crippen LogP contribution in [0.3, 0.4) is 0 Å². The van der Waals surface area contributed by atoms with E-state index in [4.69, 9.17) is 20.4 Å². The van der Waals surface area contributed by atoms with Gasteiger partial charge in [0.25, 0.3) is 0 Å². The third-order valence-electron chi connectivity index (χ3n) is 1.91. The highest BCUT2D eigenvalue weighted by Gasteiger charge is 1.89. The van der Waals surface area contributed by atoms with Gasteiger partial charge >= 0.3 is 0 Å². The molecule has 0 aliphatic carbocycles. The summed E-state index contributed by atoms with van der Waals surface area (Å²) in [7, 11) is 0. The van der Waals surface area contributed by atoms with Crippen molar-refractivity contribution >= 4 is 12.2 Å². The summed E-state index contributed by atoms with van der Waals surface area (Å²) < 4.78 is 0. The van der Waals surface area contributed by atoms with Gasteiger partial charge in [-0.3, -0.25) is 0 Å². The summed E-state index contributed by atoms with van der Waals surface area (Å²) in [5.41, 5.74) is 1.47. The molecule has 0 atom stereocenters. The highest BCUT2D eigenvalue weighted by molar-refractivity contribution is 5.26. The summed E-state index contributed by atoms with van der Waals surface area (Å²) in [6.07, 6.45) is 6.75. The van der Waals surface area contributed by atoms with Gasteiger partial charge < -0.3 is 0 Å². The predicted molar refractivity (Wildman–Crippen MR) is 66.5 cm³/mol. The molecule has 0 aromatic heterocycles. The van der Waals surface area contributed by atoms with Crippen molar-refractivity contribution in [3.05, 3.63) is 35.9 Å². The number of nitrogens with one attached hydrogen (secondary N) is 2. The Morgan fingerprint density at radius 1 is 1.00 bits per heavy atom. The average Bonchev–Trinajstić information content (AvgIpc) is 2.33. The van der Waals surface area contributed by atoms with Crippen molar-refractivity contribution in [3.8, 4) is 0 Å². The SMILES string of the molecule is CCCCCc1ccccc1.N=C=O.N=C=O. The van der Waals surface area contributed by atoms with E-state index < -0.39 is 0 Å². The van der Waals surface area contributed by atoms with Crippen LogP contribution >= 0.6 is 0 Å². The Morgan fingerprint density at radius 2 is 1.47 bits per heavy atom. The first-order valence-electron chi connectivity index (χ1n) is 5.38. The Bertz CT molecular complexity index is 313. The second-order valence-electron chi connectivity index (χ2n) is 3.15. The molecular formula is C13H18N2O2. The van der Waals surface area contributed by atoms with Crippen LogP contribution < -0.4 is 0 Å². The third-order valence-corrected chi connectivity index (χ3v) is 1.91. The second-order valence-corrected chi connectivity index (χ2v) is 3.15. The lowest BCUT2D eigenvalue weighted by Crippen LogP contribution is -1.83. The van der Waals surface area contributed by atoms with Crippen molar-refractivity contribution in [2.45, 2.75) is 32.6 Å². The zero-order valence-electron chi connectivity index (χ0n) is 10.0. The summed E-state index contributed by atoms with van der Waals surface area (Å²) in [6, 6.07) is 10.7. The molecule has 4 heteroatoms. The quantitative estimate of drug-likeness (QED) is 0.476. The summed E-state index contributed by atoms with van der Waals surface area (Å²) >= 11 is 0. The van der Waals surface area contributed by atoms with E-state index in [9.17, 15) is 0 Å². The number of hydrogen-bond acceptors (Lipinski definition) is 4. The van der Waals surface area contributed by atoms with E-state index in [1.165, 1.54) is 31.2 Å². The van der Waals surface area contributed by atoms with Crippen molar-refractivity contribution in [2.24, 2.45) is 0 Å². The molecule has 0 aliphatic heterocycles. The lowest BCUT2D eigenvalue weighted by Gasteiger charge is -1.98. The first kappa shape index (κ1) is 17.4. The molecule has 0 amide bonds. The lowest BCUT2D eigenvalue weighted by molar-refractivity contribution is 0.562. The number of rotatable bonds is 4. The van der Waals surface area contributed by atoms with Crippen LogP contribution in [0.4, 0.5) is 0 Å². The number of carbonyl (C=O) groups excluding carboxylic acids is 2. The standard InChI is InChI=1S/C11H16.2CHNO/c1-2-3-5-8-11-9-6-4-7-10-11;2*2-1-3/h4,6-7,9-10H,2-3,5,8H2,1H3;2*2H. The van der Waals surface area contributed by atoms with Gasteiger partial charge in [0.15, 0.2) is 0 Å². The predicted octanol–water partition coefficient (Wildman–Crippen LogP) is 3.22. The number of hydrogen-bond donors (Lipinski definition) is 2. The molecule has 0 saturated heterocycles. The first-order chi connectivity index (χ1) is 8.26. The van der Waals surface area contributed by atoms with Crippen LogP contribution in [0.1, 0.15) is 31.7 Å². The molecule has 0 spiro atoms. The van der Waals surface area contributed by atoms with E-state index in [1.807, 2.05) is 0 Å². The van der Waals surface area contributed by atoms with Crippen molar-refractivity contribution < 1.29 is 9.59 Å². The first-order valence-corrected chi connectivity index (χ1v) is 5.38. The topological polar surface area (TPSA) is 81.8 Å². The van der Waals surface area contributed by atoms with E-state index in [1.54, 1.807) is 0 Å². The maximum Gasteiger partial charge on any atom is 0.231 e. The number of aryl methyl sites for hydroxylation is 1. The molecule has 0 fully saturated rings. The molecule has 1 aromatic rings. The smallest absolute Gasteiger partial charge is 0.222 e. The monoisotopic (exact) mass is 234 g/mol. The zero-order chi connectivity index (χ0) is 13.4. The van der Waals surface area contributed by atoms with E-state index in [2.05, 4.69) is 37.3 Å². The van der Waals surface area contributed by atoms with Crippen LogP contribution in [-0.4, -0.2) is 12.2 Å². The molecule has 92 valence electrons. The number of benzene rings is 1. The Morgan fingerprint density at radius 3 is 1.88 bits per heavy atom. The van der Waals surface area contributed by atoms with E-state index in [-0.39, 0.29) is 0 Å². The summed E-state index contributed by atoms with van der Waals surface area (Å²) in [4.78, 5) is 16.7. The molecular weight excluding hydrogens is 216 g/mol. The molecule has 0 aliphatic rings. The molecule has 1 aromatic carbocycles. The normalized spacial score (nSPS) is 7.35. The Hall–Kier alpha value is -2.02. The fourth-order valence-corrected chi connectivity index (χ4v) is 1.22. The van der Waals surface area contributed by atoms with Crippen molar-refractivity contribution in [1.29, 1.82) is 10.8 Å². The second kappa shape index (κ2) is 16.4. The maximum absolute atomic E-state index is 8.35.